The zero-order valence-electron chi connectivity index (χ0n) is 16.3. The van der Waals surface area contributed by atoms with Crippen LogP contribution in [0.25, 0.3) is 0 Å². The molecule has 0 spiro atoms. The summed E-state index contributed by atoms with van der Waals surface area (Å²) in [4.78, 5) is 8.78. The average molecular weight is 386 g/mol. The number of benzene rings is 2. The van der Waals surface area contributed by atoms with Crippen molar-refractivity contribution in [1.29, 1.82) is 0 Å². The van der Waals surface area contributed by atoms with Crippen LogP contribution in [-0.4, -0.2) is 56.8 Å². The molecule has 1 aliphatic heterocycles. The minimum absolute atomic E-state index is 0.129. The summed E-state index contributed by atoms with van der Waals surface area (Å²) in [5.74, 6) is 1.69. The number of halogens is 1. The first-order valence-corrected chi connectivity index (χ1v) is 9.42. The zero-order valence-corrected chi connectivity index (χ0v) is 16.3. The Morgan fingerprint density at radius 1 is 1.07 bits per heavy atom. The predicted octanol–water partition coefficient (Wildman–Crippen LogP) is 2.74. The number of anilines is 1. The molecule has 1 atom stereocenters. The van der Waals surface area contributed by atoms with Crippen molar-refractivity contribution in [2.75, 3.05) is 44.7 Å². The Morgan fingerprint density at radius 3 is 2.36 bits per heavy atom. The van der Waals surface area contributed by atoms with Gasteiger partial charge in [-0.05, 0) is 43.3 Å². The lowest BCUT2D eigenvalue weighted by Gasteiger charge is -2.36. The van der Waals surface area contributed by atoms with Crippen LogP contribution in [0.15, 0.2) is 53.5 Å². The number of nitrogens with zero attached hydrogens (tertiary/aromatic N) is 3. The standard InChI is InChI=1S/C21H27FN4O2/c1-16(28-20-6-4-3-5-19(20)27-2)15-24-21(23)26-13-11-25(12-14-26)18-9-7-17(22)8-10-18/h3-10,16H,11-15H2,1-2H3,(H2,23,24). The number of hydrogen-bond donors (Lipinski definition) is 1. The highest BCUT2D eigenvalue weighted by molar-refractivity contribution is 5.78. The van der Waals surface area contributed by atoms with E-state index in [-0.39, 0.29) is 11.9 Å². The molecule has 150 valence electrons. The lowest BCUT2D eigenvalue weighted by Crippen LogP contribution is -2.51. The van der Waals surface area contributed by atoms with E-state index in [0.29, 0.717) is 24.0 Å². The second kappa shape index (κ2) is 9.30. The molecule has 2 aromatic rings. The SMILES string of the molecule is COc1ccccc1OC(C)CN=C(N)N1CCN(c2ccc(F)cc2)CC1. The Kier molecular flexibility index (Phi) is 6.57. The molecule has 1 aliphatic rings. The molecule has 2 aromatic carbocycles. The van der Waals surface area contributed by atoms with Crippen molar-refractivity contribution in [3.05, 3.63) is 54.3 Å². The van der Waals surface area contributed by atoms with E-state index in [4.69, 9.17) is 15.2 Å². The van der Waals surface area contributed by atoms with Gasteiger partial charge in [-0.1, -0.05) is 12.1 Å². The van der Waals surface area contributed by atoms with Gasteiger partial charge in [0.25, 0.3) is 0 Å². The van der Waals surface area contributed by atoms with E-state index < -0.39 is 0 Å². The molecule has 28 heavy (non-hydrogen) atoms. The van der Waals surface area contributed by atoms with Crippen LogP contribution >= 0.6 is 0 Å². The molecule has 0 amide bonds. The number of piperazine rings is 1. The van der Waals surface area contributed by atoms with Gasteiger partial charge in [0, 0.05) is 31.9 Å². The van der Waals surface area contributed by atoms with Crippen LogP contribution in [0.1, 0.15) is 6.92 Å². The number of methoxy groups -OCH3 is 1. The largest absolute Gasteiger partial charge is 0.493 e. The van der Waals surface area contributed by atoms with E-state index in [1.54, 1.807) is 19.2 Å². The van der Waals surface area contributed by atoms with Crippen molar-refractivity contribution >= 4 is 11.6 Å². The van der Waals surface area contributed by atoms with Gasteiger partial charge in [-0.15, -0.1) is 0 Å². The summed E-state index contributed by atoms with van der Waals surface area (Å²) in [5.41, 5.74) is 7.20. The van der Waals surface area contributed by atoms with Gasteiger partial charge in [0.1, 0.15) is 11.9 Å². The topological polar surface area (TPSA) is 63.3 Å². The zero-order chi connectivity index (χ0) is 19.9. The van der Waals surface area contributed by atoms with Crippen LogP contribution in [-0.2, 0) is 0 Å². The van der Waals surface area contributed by atoms with Gasteiger partial charge in [-0.3, -0.25) is 0 Å². The van der Waals surface area contributed by atoms with Gasteiger partial charge in [0.15, 0.2) is 17.5 Å². The first-order valence-electron chi connectivity index (χ1n) is 9.42. The molecule has 0 aliphatic carbocycles. The maximum absolute atomic E-state index is 13.1. The second-order valence-corrected chi connectivity index (χ2v) is 6.73. The third-order valence-electron chi connectivity index (χ3n) is 4.70. The molecule has 1 fully saturated rings. The third kappa shape index (κ3) is 5.06. The summed E-state index contributed by atoms with van der Waals surface area (Å²) in [5, 5.41) is 0. The average Bonchev–Trinajstić information content (AvgIpc) is 2.73. The molecular weight excluding hydrogens is 359 g/mol. The fourth-order valence-corrected chi connectivity index (χ4v) is 3.14. The Bertz CT molecular complexity index is 789. The van der Waals surface area contributed by atoms with Crippen LogP contribution in [0.4, 0.5) is 10.1 Å². The minimum Gasteiger partial charge on any atom is -0.493 e. The number of rotatable bonds is 6. The maximum atomic E-state index is 13.1. The molecule has 1 heterocycles. The monoisotopic (exact) mass is 386 g/mol. The molecule has 2 N–H and O–H groups in total. The van der Waals surface area contributed by atoms with Crippen molar-refractivity contribution in [3.8, 4) is 11.5 Å². The van der Waals surface area contributed by atoms with E-state index in [1.165, 1.54) is 12.1 Å². The van der Waals surface area contributed by atoms with Gasteiger partial charge < -0.3 is 25.0 Å². The smallest absolute Gasteiger partial charge is 0.191 e. The van der Waals surface area contributed by atoms with Crippen molar-refractivity contribution in [2.24, 2.45) is 10.7 Å². The van der Waals surface area contributed by atoms with Gasteiger partial charge in [-0.25, -0.2) is 9.38 Å². The molecule has 6 nitrogen and oxygen atoms in total. The molecule has 3 rings (SSSR count). The van der Waals surface area contributed by atoms with E-state index in [9.17, 15) is 4.39 Å². The quantitative estimate of drug-likeness (QED) is 0.611. The summed E-state index contributed by atoms with van der Waals surface area (Å²) < 4.78 is 24.3. The first kappa shape index (κ1) is 19.8. The number of aliphatic imine (C=N–C) groups is 1. The Labute approximate surface area is 165 Å². The van der Waals surface area contributed by atoms with E-state index in [2.05, 4.69) is 14.8 Å². The van der Waals surface area contributed by atoms with Crippen LogP contribution in [0, 0.1) is 5.82 Å². The van der Waals surface area contributed by atoms with Gasteiger partial charge in [-0.2, -0.15) is 0 Å². The molecule has 0 bridgehead atoms. The molecule has 1 saturated heterocycles. The highest BCUT2D eigenvalue weighted by Gasteiger charge is 2.19. The molecule has 0 saturated carbocycles. The van der Waals surface area contributed by atoms with Gasteiger partial charge >= 0.3 is 0 Å². The second-order valence-electron chi connectivity index (χ2n) is 6.73. The van der Waals surface area contributed by atoms with Crippen molar-refractivity contribution in [2.45, 2.75) is 13.0 Å². The van der Waals surface area contributed by atoms with Gasteiger partial charge in [0.2, 0.25) is 0 Å². The van der Waals surface area contributed by atoms with Crippen LogP contribution in [0.2, 0.25) is 0 Å². The van der Waals surface area contributed by atoms with Crippen LogP contribution in [0.3, 0.4) is 0 Å². The predicted molar refractivity (Wildman–Crippen MR) is 110 cm³/mol. The number of para-hydroxylation sites is 2. The van der Waals surface area contributed by atoms with E-state index in [0.717, 1.165) is 31.9 Å². The maximum Gasteiger partial charge on any atom is 0.191 e. The number of nitrogens with two attached hydrogens (primary N) is 1. The Hall–Kier alpha value is -2.96. The number of ether oxygens (including phenoxy) is 2. The minimum atomic E-state index is -0.219. The van der Waals surface area contributed by atoms with Crippen molar-refractivity contribution in [3.63, 3.8) is 0 Å². The van der Waals surface area contributed by atoms with Crippen LogP contribution < -0.4 is 20.1 Å². The van der Waals surface area contributed by atoms with Crippen molar-refractivity contribution < 1.29 is 13.9 Å². The van der Waals surface area contributed by atoms with E-state index in [1.807, 2.05) is 31.2 Å². The molecule has 1 unspecified atom stereocenters. The lowest BCUT2D eigenvalue weighted by molar-refractivity contribution is 0.218. The van der Waals surface area contributed by atoms with Crippen molar-refractivity contribution in [1.82, 2.24) is 4.90 Å². The van der Waals surface area contributed by atoms with E-state index >= 15 is 0 Å². The summed E-state index contributed by atoms with van der Waals surface area (Å²) in [6.45, 7) is 5.59. The molecule has 0 radical (unpaired) electrons. The number of guanidine groups is 1. The lowest BCUT2D eigenvalue weighted by atomic mass is 10.2. The summed E-state index contributed by atoms with van der Waals surface area (Å²) in [7, 11) is 1.62. The normalized spacial score (nSPS) is 16.0. The third-order valence-corrected chi connectivity index (χ3v) is 4.70. The fraction of sp³-hybridized carbons (Fsp3) is 0.381. The molecule has 0 aromatic heterocycles. The number of hydrogen-bond acceptors (Lipinski definition) is 4. The fourth-order valence-electron chi connectivity index (χ4n) is 3.14. The van der Waals surface area contributed by atoms with Crippen LogP contribution in [0.5, 0.6) is 11.5 Å². The van der Waals surface area contributed by atoms with Gasteiger partial charge in [0.05, 0.1) is 13.7 Å². The summed E-state index contributed by atoms with van der Waals surface area (Å²) >= 11 is 0. The highest BCUT2D eigenvalue weighted by Crippen LogP contribution is 2.26. The highest BCUT2D eigenvalue weighted by atomic mass is 19.1. The molecular formula is C21H27FN4O2. The summed E-state index contributed by atoms with van der Waals surface area (Å²) in [6, 6.07) is 14.1. The first-order chi connectivity index (χ1) is 13.6. The summed E-state index contributed by atoms with van der Waals surface area (Å²) in [6.07, 6.45) is -0.129. The Balaban J connectivity index is 1.49. The molecule has 7 heteroatoms. The Morgan fingerprint density at radius 2 is 1.71 bits per heavy atom.